The molecular formula is C11H8BrN3OS2. The van der Waals surface area contributed by atoms with Gasteiger partial charge in [0.2, 0.25) is 11.0 Å². The van der Waals surface area contributed by atoms with E-state index in [1.165, 1.54) is 11.3 Å². The highest BCUT2D eigenvalue weighted by molar-refractivity contribution is 9.10. The van der Waals surface area contributed by atoms with Crippen molar-refractivity contribution < 1.29 is 4.79 Å². The molecule has 1 atom stereocenters. The first kappa shape index (κ1) is 12.1. The predicted octanol–water partition coefficient (Wildman–Crippen LogP) is 3.08. The molecule has 0 unspecified atom stereocenters. The Hall–Kier alpha value is -0.920. The van der Waals surface area contributed by atoms with Crippen molar-refractivity contribution in [2.24, 2.45) is 0 Å². The summed E-state index contributed by atoms with van der Waals surface area (Å²) in [6, 6.07) is 8.01. The third-order valence-corrected chi connectivity index (χ3v) is 5.01. The van der Waals surface area contributed by atoms with Crippen molar-refractivity contribution in [3.05, 3.63) is 39.8 Å². The molecule has 1 aliphatic rings. The Labute approximate surface area is 121 Å². The fraction of sp³-hybridized carbons (Fsp3) is 0.182. The van der Waals surface area contributed by atoms with Gasteiger partial charge in [-0.15, -0.1) is 22.0 Å². The maximum Gasteiger partial charge on any atom is 0.240 e. The van der Waals surface area contributed by atoms with Gasteiger partial charge in [0, 0.05) is 4.47 Å². The topological polar surface area (TPSA) is 46.1 Å². The van der Waals surface area contributed by atoms with E-state index in [1.807, 2.05) is 24.3 Å². The van der Waals surface area contributed by atoms with Crippen molar-refractivity contribution in [2.75, 3.05) is 10.7 Å². The van der Waals surface area contributed by atoms with Gasteiger partial charge in [-0.05, 0) is 17.7 Å². The number of benzene rings is 1. The molecule has 18 heavy (non-hydrogen) atoms. The Morgan fingerprint density at radius 2 is 2.11 bits per heavy atom. The van der Waals surface area contributed by atoms with Crippen LogP contribution in [0.4, 0.5) is 5.13 Å². The second-order valence-corrected chi connectivity index (χ2v) is 6.50. The SMILES string of the molecule is O=C1CS[C@@H](c2ccc(Br)cc2)N1c1nncs1. The van der Waals surface area contributed by atoms with Crippen LogP contribution in [0.5, 0.6) is 0 Å². The summed E-state index contributed by atoms with van der Waals surface area (Å²) in [7, 11) is 0. The van der Waals surface area contributed by atoms with Gasteiger partial charge in [0.15, 0.2) is 0 Å². The van der Waals surface area contributed by atoms with E-state index in [4.69, 9.17) is 0 Å². The van der Waals surface area contributed by atoms with Crippen LogP contribution in [0.2, 0.25) is 0 Å². The molecule has 7 heteroatoms. The first-order valence-corrected chi connectivity index (χ1v) is 7.93. The molecule has 0 aliphatic carbocycles. The van der Waals surface area contributed by atoms with E-state index >= 15 is 0 Å². The minimum atomic E-state index is -0.00134. The Bertz CT molecular complexity index is 558. The monoisotopic (exact) mass is 341 g/mol. The van der Waals surface area contributed by atoms with Gasteiger partial charge in [-0.3, -0.25) is 9.69 Å². The molecular weight excluding hydrogens is 334 g/mol. The van der Waals surface area contributed by atoms with Gasteiger partial charge < -0.3 is 0 Å². The number of rotatable bonds is 2. The first-order chi connectivity index (χ1) is 8.75. The number of hydrogen-bond donors (Lipinski definition) is 0. The molecule has 92 valence electrons. The van der Waals surface area contributed by atoms with Crippen LogP contribution in [0.3, 0.4) is 0 Å². The molecule has 1 amide bonds. The molecule has 2 heterocycles. The number of nitrogens with zero attached hydrogens (tertiary/aromatic N) is 3. The Kier molecular flexibility index (Phi) is 3.36. The van der Waals surface area contributed by atoms with Crippen molar-refractivity contribution in [1.82, 2.24) is 10.2 Å². The zero-order valence-electron chi connectivity index (χ0n) is 9.12. The van der Waals surface area contributed by atoms with Crippen molar-refractivity contribution in [3.8, 4) is 0 Å². The van der Waals surface area contributed by atoms with Gasteiger partial charge in [-0.25, -0.2) is 0 Å². The van der Waals surface area contributed by atoms with Gasteiger partial charge >= 0.3 is 0 Å². The lowest BCUT2D eigenvalue weighted by molar-refractivity contribution is -0.115. The average Bonchev–Trinajstić information content (AvgIpc) is 2.99. The van der Waals surface area contributed by atoms with Crippen LogP contribution in [-0.4, -0.2) is 21.9 Å². The number of halogens is 1. The van der Waals surface area contributed by atoms with Crippen molar-refractivity contribution in [1.29, 1.82) is 0 Å². The Morgan fingerprint density at radius 1 is 1.33 bits per heavy atom. The summed E-state index contributed by atoms with van der Waals surface area (Å²) in [6.45, 7) is 0. The van der Waals surface area contributed by atoms with Crippen LogP contribution in [0.15, 0.2) is 34.2 Å². The Morgan fingerprint density at radius 3 is 2.78 bits per heavy atom. The molecule has 3 rings (SSSR count). The van der Waals surface area contributed by atoms with E-state index in [1.54, 1.807) is 22.2 Å². The molecule has 0 spiro atoms. The van der Waals surface area contributed by atoms with E-state index in [-0.39, 0.29) is 11.3 Å². The number of thioether (sulfide) groups is 1. The number of carbonyl (C=O) groups is 1. The molecule has 1 saturated heterocycles. The normalized spacial score (nSPS) is 19.5. The van der Waals surface area contributed by atoms with Crippen LogP contribution in [-0.2, 0) is 4.79 Å². The quantitative estimate of drug-likeness (QED) is 0.842. The standard InChI is InChI=1S/C11H8BrN3OS2/c12-8-3-1-7(2-4-8)10-15(9(16)5-17-10)11-14-13-6-18-11/h1-4,6,10H,5H2/t10-/m0/s1. The number of anilines is 1. The zero-order chi connectivity index (χ0) is 12.5. The second kappa shape index (κ2) is 4.99. The summed E-state index contributed by atoms with van der Waals surface area (Å²) in [5, 5.41) is 8.46. The summed E-state index contributed by atoms with van der Waals surface area (Å²) in [5.41, 5.74) is 2.74. The van der Waals surface area contributed by atoms with Crippen LogP contribution in [0.1, 0.15) is 10.9 Å². The maximum atomic E-state index is 12.0. The fourth-order valence-electron chi connectivity index (χ4n) is 1.78. The Balaban J connectivity index is 1.96. The van der Waals surface area contributed by atoms with E-state index in [0.717, 1.165) is 10.0 Å². The largest absolute Gasteiger partial charge is 0.273 e. The predicted molar refractivity (Wildman–Crippen MR) is 76.7 cm³/mol. The molecule has 1 aliphatic heterocycles. The lowest BCUT2D eigenvalue weighted by atomic mass is 10.2. The maximum absolute atomic E-state index is 12.0. The third kappa shape index (κ3) is 2.17. The minimum Gasteiger partial charge on any atom is -0.273 e. The zero-order valence-corrected chi connectivity index (χ0v) is 12.3. The van der Waals surface area contributed by atoms with E-state index in [9.17, 15) is 4.79 Å². The number of amides is 1. The highest BCUT2D eigenvalue weighted by Crippen LogP contribution is 2.42. The van der Waals surface area contributed by atoms with Crippen LogP contribution < -0.4 is 4.90 Å². The van der Waals surface area contributed by atoms with E-state index in [2.05, 4.69) is 26.1 Å². The summed E-state index contributed by atoms with van der Waals surface area (Å²) in [4.78, 5) is 13.7. The molecule has 2 aromatic rings. The highest BCUT2D eigenvalue weighted by atomic mass is 79.9. The fourth-order valence-corrected chi connectivity index (χ4v) is 3.87. The highest BCUT2D eigenvalue weighted by Gasteiger charge is 2.35. The van der Waals surface area contributed by atoms with Crippen LogP contribution >= 0.6 is 39.0 Å². The van der Waals surface area contributed by atoms with E-state index < -0.39 is 0 Å². The second-order valence-electron chi connectivity index (χ2n) is 3.70. The van der Waals surface area contributed by atoms with Gasteiger partial charge in [-0.2, -0.15) is 0 Å². The molecule has 0 radical (unpaired) electrons. The molecule has 0 N–H and O–H groups in total. The molecule has 1 aromatic carbocycles. The van der Waals surface area contributed by atoms with Gasteiger partial charge in [0.05, 0.1) is 5.75 Å². The third-order valence-electron chi connectivity index (χ3n) is 2.58. The van der Waals surface area contributed by atoms with Crippen LogP contribution in [0, 0.1) is 0 Å². The summed E-state index contributed by atoms with van der Waals surface area (Å²) in [5.74, 6) is 0.574. The summed E-state index contributed by atoms with van der Waals surface area (Å²) < 4.78 is 1.03. The summed E-state index contributed by atoms with van der Waals surface area (Å²) in [6.07, 6.45) is 0. The smallest absolute Gasteiger partial charge is 0.240 e. The minimum absolute atomic E-state index is 0.00134. The number of hydrogen-bond acceptors (Lipinski definition) is 5. The van der Waals surface area contributed by atoms with Gasteiger partial charge in [0.25, 0.3) is 0 Å². The first-order valence-electron chi connectivity index (χ1n) is 5.21. The molecule has 1 aromatic heterocycles. The molecule has 4 nitrogen and oxygen atoms in total. The average molecular weight is 342 g/mol. The van der Waals surface area contributed by atoms with Gasteiger partial charge in [0.1, 0.15) is 10.9 Å². The van der Waals surface area contributed by atoms with Crippen molar-refractivity contribution >= 4 is 50.1 Å². The molecule has 1 fully saturated rings. The van der Waals surface area contributed by atoms with Gasteiger partial charge in [-0.1, -0.05) is 39.4 Å². The number of aromatic nitrogens is 2. The lowest BCUT2D eigenvalue weighted by Gasteiger charge is -2.20. The van der Waals surface area contributed by atoms with E-state index in [0.29, 0.717) is 10.9 Å². The molecule has 0 bridgehead atoms. The van der Waals surface area contributed by atoms with Crippen LogP contribution in [0.25, 0.3) is 0 Å². The summed E-state index contributed by atoms with van der Waals surface area (Å²) >= 11 is 6.41. The lowest BCUT2D eigenvalue weighted by Crippen LogP contribution is -2.27. The van der Waals surface area contributed by atoms with Crippen molar-refractivity contribution in [3.63, 3.8) is 0 Å². The molecule has 0 saturated carbocycles. The number of carbonyl (C=O) groups excluding carboxylic acids is 1. The van der Waals surface area contributed by atoms with Crippen molar-refractivity contribution in [2.45, 2.75) is 5.37 Å².